The molecule has 3 aromatic rings. The fraction of sp³-hybridized carbons (Fsp3) is 0.357. The van der Waals surface area contributed by atoms with E-state index in [1.165, 1.54) is 12.1 Å². The van der Waals surface area contributed by atoms with Gasteiger partial charge < -0.3 is 9.47 Å². The molecule has 3 unspecified atom stereocenters. The number of rotatable bonds is 7. The highest BCUT2D eigenvalue weighted by Crippen LogP contribution is 2.36. The van der Waals surface area contributed by atoms with E-state index >= 15 is 0 Å². The third kappa shape index (κ3) is 5.02. The number of hydrogen-bond acceptors (Lipinski definition) is 2. The minimum Gasteiger partial charge on any atom is -0.378 e. The monoisotopic (exact) mass is 482 g/mol. The predicted molar refractivity (Wildman–Crippen MR) is 130 cm³/mol. The molecule has 0 amide bonds. The van der Waals surface area contributed by atoms with Gasteiger partial charge in [-0.05, 0) is 48.3 Å². The van der Waals surface area contributed by atoms with Crippen LogP contribution in [-0.4, -0.2) is 27.2 Å². The van der Waals surface area contributed by atoms with E-state index in [9.17, 15) is 17.6 Å². The third-order valence-corrected chi connectivity index (χ3v) is 7.24. The molecule has 182 valence electrons. The maximum absolute atomic E-state index is 14.9. The van der Waals surface area contributed by atoms with Crippen molar-refractivity contribution in [2.75, 3.05) is 13.2 Å². The molecule has 2 aliphatic heterocycles. The van der Waals surface area contributed by atoms with Crippen LogP contribution in [-0.2, 0) is 15.9 Å². The molecular weight excluding hydrogens is 455 g/mol. The van der Waals surface area contributed by atoms with Crippen molar-refractivity contribution in [1.82, 2.24) is 0 Å². The first-order valence-corrected chi connectivity index (χ1v) is 12.2. The van der Waals surface area contributed by atoms with E-state index < -0.39 is 23.3 Å². The van der Waals surface area contributed by atoms with Gasteiger partial charge in [0.05, 0.1) is 12.7 Å². The van der Waals surface area contributed by atoms with Gasteiger partial charge in [0.25, 0.3) is 0 Å². The molecule has 5 rings (SSSR count). The van der Waals surface area contributed by atoms with E-state index in [0.29, 0.717) is 42.1 Å². The number of epoxide rings is 1. The molecule has 3 atom stereocenters. The van der Waals surface area contributed by atoms with Gasteiger partial charge in [0.1, 0.15) is 14.0 Å². The topological polar surface area (TPSA) is 21.8 Å². The number of benzene rings is 3. The molecule has 2 fully saturated rings. The average Bonchev–Trinajstić information content (AvgIpc) is 3.72. The van der Waals surface area contributed by atoms with Gasteiger partial charge in [0.15, 0.2) is 23.3 Å². The first kappa shape index (κ1) is 24.1. The summed E-state index contributed by atoms with van der Waals surface area (Å²) in [5.74, 6) is -3.02. The van der Waals surface area contributed by atoms with Crippen LogP contribution >= 0.6 is 0 Å². The minimum absolute atomic E-state index is 0.0866. The van der Waals surface area contributed by atoms with Crippen LogP contribution in [0.4, 0.5) is 17.6 Å². The molecule has 7 heteroatoms. The summed E-state index contributed by atoms with van der Waals surface area (Å²) in [4.78, 5) is 0. The van der Waals surface area contributed by atoms with Gasteiger partial charge in [-0.25, -0.2) is 17.6 Å². The van der Waals surface area contributed by atoms with E-state index in [4.69, 9.17) is 9.47 Å². The van der Waals surface area contributed by atoms with Gasteiger partial charge in [-0.2, -0.15) is 0 Å². The van der Waals surface area contributed by atoms with Crippen molar-refractivity contribution in [2.24, 2.45) is 5.92 Å². The van der Waals surface area contributed by atoms with E-state index in [2.05, 4.69) is 7.85 Å². The lowest BCUT2D eigenvalue weighted by Gasteiger charge is -2.28. The van der Waals surface area contributed by atoms with Gasteiger partial charge in [0.2, 0.25) is 0 Å². The van der Waals surface area contributed by atoms with Crippen LogP contribution in [0.2, 0.25) is 6.32 Å². The predicted octanol–water partition coefficient (Wildman–Crippen LogP) is 6.43. The Morgan fingerprint density at radius 3 is 1.91 bits per heavy atom. The second kappa shape index (κ2) is 10.2. The molecular formula is C28H27BF4O2. The lowest BCUT2D eigenvalue weighted by atomic mass is 9.85. The Hall–Kier alpha value is -2.64. The van der Waals surface area contributed by atoms with Gasteiger partial charge >= 0.3 is 0 Å². The van der Waals surface area contributed by atoms with E-state index in [0.717, 1.165) is 25.8 Å². The van der Waals surface area contributed by atoms with Crippen molar-refractivity contribution in [1.29, 1.82) is 0 Å². The molecule has 35 heavy (non-hydrogen) atoms. The zero-order valence-electron chi connectivity index (χ0n) is 19.6. The number of ether oxygens (including phenoxy) is 2. The minimum atomic E-state index is -0.945. The number of halogens is 4. The van der Waals surface area contributed by atoms with Gasteiger partial charge in [-0.1, -0.05) is 54.9 Å². The molecule has 0 N–H and O–H groups in total. The molecule has 2 aliphatic rings. The number of aryl methyl sites for hydroxylation is 1. The molecule has 0 radical (unpaired) electrons. The quantitative estimate of drug-likeness (QED) is 0.220. The Kier molecular flexibility index (Phi) is 6.99. The fourth-order valence-electron chi connectivity index (χ4n) is 4.83. The summed E-state index contributed by atoms with van der Waals surface area (Å²) in [5.41, 5.74) is 1.69. The molecule has 0 saturated carbocycles. The molecule has 0 bridgehead atoms. The second-order valence-corrected chi connectivity index (χ2v) is 9.48. The lowest BCUT2D eigenvalue weighted by molar-refractivity contribution is -0.0146. The smallest absolute Gasteiger partial charge is 0.167 e. The van der Waals surface area contributed by atoms with Crippen LogP contribution < -0.4 is 0 Å². The summed E-state index contributed by atoms with van der Waals surface area (Å²) in [6.45, 7) is 1.13. The van der Waals surface area contributed by atoms with Crippen LogP contribution in [0.25, 0.3) is 22.3 Å². The Labute approximate surface area is 203 Å². The highest BCUT2D eigenvalue weighted by Gasteiger charge is 2.30. The molecule has 2 nitrogen and oxygen atoms in total. The van der Waals surface area contributed by atoms with E-state index in [1.807, 2.05) is 0 Å². The third-order valence-electron chi connectivity index (χ3n) is 7.24. The highest BCUT2D eigenvalue weighted by molar-refractivity contribution is 6.08. The fourth-order valence-corrected chi connectivity index (χ4v) is 4.83. The van der Waals surface area contributed by atoms with E-state index in [1.54, 1.807) is 36.4 Å². The SMILES string of the molecule is BCC1CCC(CCc2ccc(-c3ccc(-c4ccc(C5CO5)c(F)c4F)cc3)c(F)c2F)OC1. The second-order valence-electron chi connectivity index (χ2n) is 9.48. The maximum atomic E-state index is 14.9. The van der Waals surface area contributed by atoms with Crippen LogP contribution in [0.15, 0.2) is 48.5 Å². The van der Waals surface area contributed by atoms with Gasteiger partial charge in [-0.3, -0.25) is 0 Å². The van der Waals surface area contributed by atoms with Crippen LogP contribution in [0, 0.1) is 29.2 Å². The normalized spacial score (nSPS) is 21.8. The van der Waals surface area contributed by atoms with Crippen LogP contribution in [0.3, 0.4) is 0 Å². The maximum Gasteiger partial charge on any atom is 0.167 e. The van der Waals surface area contributed by atoms with Crippen LogP contribution in [0.5, 0.6) is 0 Å². The number of hydrogen-bond donors (Lipinski definition) is 0. The summed E-state index contributed by atoms with van der Waals surface area (Å²) >= 11 is 0. The zero-order chi connectivity index (χ0) is 24.5. The molecule has 0 aromatic heterocycles. The van der Waals surface area contributed by atoms with Crippen molar-refractivity contribution in [3.05, 3.63) is 82.9 Å². The molecule has 2 heterocycles. The first-order chi connectivity index (χ1) is 17.0. The molecule has 0 spiro atoms. The standard InChI is InChI=1S/C28H27BF4O2/c29-13-16-1-8-20(34-14-16)9-6-19-7-10-21(26(31)25(19)30)17-2-4-18(5-3-17)22-11-12-23(24-15-35-24)28(33)27(22)32/h2-5,7,10-12,16,20,24H,1,6,8-9,13-15,29H2. The van der Waals surface area contributed by atoms with Crippen LogP contribution in [0.1, 0.15) is 36.5 Å². The summed E-state index contributed by atoms with van der Waals surface area (Å²) in [6, 6.07) is 12.6. The van der Waals surface area contributed by atoms with Crippen molar-refractivity contribution in [3.63, 3.8) is 0 Å². The largest absolute Gasteiger partial charge is 0.378 e. The Morgan fingerprint density at radius 2 is 1.34 bits per heavy atom. The van der Waals surface area contributed by atoms with Crippen molar-refractivity contribution in [3.8, 4) is 22.3 Å². The average molecular weight is 482 g/mol. The Bertz CT molecular complexity index is 1200. The molecule has 3 aromatic carbocycles. The van der Waals surface area contributed by atoms with Crippen molar-refractivity contribution < 1.29 is 27.0 Å². The van der Waals surface area contributed by atoms with Gasteiger partial charge in [0, 0.05) is 23.3 Å². The van der Waals surface area contributed by atoms with Gasteiger partial charge in [-0.15, -0.1) is 0 Å². The Balaban J connectivity index is 1.30. The summed E-state index contributed by atoms with van der Waals surface area (Å²) < 4.78 is 69.7. The highest BCUT2D eigenvalue weighted by atomic mass is 19.2. The summed E-state index contributed by atoms with van der Waals surface area (Å²) in [5, 5.41) is 0. The summed E-state index contributed by atoms with van der Waals surface area (Å²) in [6.07, 6.45) is 3.94. The lowest BCUT2D eigenvalue weighted by Crippen LogP contribution is -2.26. The first-order valence-electron chi connectivity index (χ1n) is 12.2. The molecule has 2 saturated heterocycles. The molecule has 0 aliphatic carbocycles. The van der Waals surface area contributed by atoms with Crippen molar-refractivity contribution in [2.45, 2.75) is 44.2 Å². The zero-order valence-corrected chi connectivity index (χ0v) is 19.6. The van der Waals surface area contributed by atoms with Crippen molar-refractivity contribution >= 4 is 7.85 Å². The Morgan fingerprint density at radius 1 is 0.714 bits per heavy atom. The van der Waals surface area contributed by atoms with E-state index in [-0.39, 0.29) is 28.9 Å². The summed E-state index contributed by atoms with van der Waals surface area (Å²) in [7, 11) is 2.15.